The molecule has 2 aliphatic heterocycles. The summed E-state index contributed by atoms with van der Waals surface area (Å²) < 4.78 is 22.5. The van der Waals surface area contributed by atoms with E-state index in [0.717, 1.165) is 16.5 Å². The first kappa shape index (κ1) is 14.2. The monoisotopic (exact) mass is 314 g/mol. The van der Waals surface area contributed by atoms with Crippen LogP contribution in [0.25, 0.3) is 10.8 Å². The molecule has 0 aliphatic carbocycles. The van der Waals surface area contributed by atoms with E-state index in [2.05, 4.69) is 6.58 Å². The van der Waals surface area contributed by atoms with Gasteiger partial charge >= 0.3 is 0 Å². The molecule has 5 nitrogen and oxygen atoms in total. The molecule has 2 aromatic rings. The molecule has 0 radical (unpaired) electrons. The van der Waals surface area contributed by atoms with Crippen LogP contribution in [0.3, 0.4) is 0 Å². The third-order valence-corrected chi connectivity index (χ3v) is 4.52. The van der Waals surface area contributed by atoms with Gasteiger partial charge < -0.3 is 24.1 Å². The molecular formula is C18H18O5. The van der Waals surface area contributed by atoms with E-state index in [1.54, 1.807) is 6.08 Å². The average molecular weight is 314 g/mol. The number of hydrogen-bond donors (Lipinski definition) is 1. The first-order chi connectivity index (χ1) is 11.0. The summed E-state index contributed by atoms with van der Waals surface area (Å²) in [7, 11) is 0. The van der Waals surface area contributed by atoms with Crippen molar-refractivity contribution in [2.75, 3.05) is 13.6 Å². The van der Waals surface area contributed by atoms with Gasteiger partial charge in [0.25, 0.3) is 0 Å². The van der Waals surface area contributed by atoms with Crippen LogP contribution in [0.1, 0.15) is 25.5 Å². The molecule has 23 heavy (non-hydrogen) atoms. The van der Waals surface area contributed by atoms with Gasteiger partial charge in [-0.25, -0.2) is 0 Å². The van der Waals surface area contributed by atoms with E-state index in [1.165, 1.54) is 0 Å². The van der Waals surface area contributed by atoms with Crippen LogP contribution < -0.4 is 18.9 Å². The Balaban J connectivity index is 2.05. The molecule has 1 N–H and O–H groups in total. The van der Waals surface area contributed by atoms with E-state index in [1.807, 2.05) is 32.0 Å². The topological polar surface area (TPSA) is 57.2 Å². The van der Waals surface area contributed by atoms with Gasteiger partial charge in [0.05, 0.1) is 16.9 Å². The van der Waals surface area contributed by atoms with Gasteiger partial charge in [0.15, 0.2) is 0 Å². The van der Waals surface area contributed by atoms with Crippen LogP contribution >= 0.6 is 0 Å². The Morgan fingerprint density at radius 3 is 2.35 bits per heavy atom. The molecule has 120 valence electrons. The highest BCUT2D eigenvalue weighted by Crippen LogP contribution is 2.52. The summed E-state index contributed by atoms with van der Waals surface area (Å²) in [6.07, 6.45) is 0.956. The summed E-state index contributed by atoms with van der Waals surface area (Å²) in [5, 5.41) is 12.5. The quantitative estimate of drug-likeness (QED) is 0.878. The van der Waals surface area contributed by atoms with E-state index in [-0.39, 0.29) is 13.6 Å². The number of hydrogen-bond acceptors (Lipinski definition) is 5. The summed E-state index contributed by atoms with van der Waals surface area (Å²) in [6.45, 7) is 7.92. The van der Waals surface area contributed by atoms with Crippen LogP contribution in [-0.4, -0.2) is 18.7 Å². The first-order valence-corrected chi connectivity index (χ1v) is 7.49. The van der Waals surface area contributed by atoms with Crippen molar-refractivity contribution in [2.45, 2.75) is 20.0 Å². The zero-order chi connectivity index (χ0) is 16.2. The molecule has 0 amide bonds. The summed E-state index contributed by atoms with van der Waals surface area (Å²) in [5.74, 6) is 2.70. The lowest BCUT2D eigenvalue weighted by atomic mass is 9.81. The van der Waals surface area contributed by atoms with Gasteiger partial charge in [0.2, 0.25) is 13.6 Å². The summed E-state index contributed by atoms with van der Waals surface area (Å²) in [6, 6.07) is 5.55. The molecule has 5 heteroatoms. The van der Waals surface area contributed by atoms with Gasteiger partial charge in [-0.1, -0.05) is 19.9 Å². The predicted molar refractivity (Wildman–Crippen MR) is 85.1 cm³/mol. The fourth-order valence-corrected chi connectivity index (χ4v) is 2.99. The lowest BCUT2D eigenvalue weighted by Gasteiger charge is -2.32. The largest absolute Gasteiger partial charge is 0.457 e. The molecule has 1 unspecified atom stereocenters. The highest BCUT2D eigenvalue weighted by Gasteiger charge is 2.34. The first-order valence-electron chi connectivity index (χ1n) is 7.49. The van der Waals surface area contributed by atoms with E-state index in [4.69, 9.17) is 18.9 Å². The molecule has 2 aliphatic rings. The molecule has 0 bridgehead atoms. The molecule has 2 aromatic carbocycles. The third kappa shape index (κ3) is 1.96. The second-order valence-corrected chi connectivity index (χ2v) is 6.35. The Hall–Kier alpha value is -2.40. The maximum absolute atomic E-state index is 10.9. The molecule has 0 saturated heterocycles. The van der Waals surface area contributed by atoms with Gasteiger partial charge in [0, 0.05) is 11.0 Å². The second kappa shape index (κ2) is 4.80. The van der Waals surface area contributed by atoms with Crippen molar-refractivity contribution in [3.8, 4) is 23.0 Å². The minimum absolute atomic E-state index is 0.108. The van der Waals surface area contributed by atoms with Gasteiger partial charge in [-0.05, 0) is 18.2 Å². The van der Waals surface area contributed by atoms with Crippen molar-refractivity contribution in [3.05, 3.63) is 36.4 Å². The van der Waals surface area contributed by atoms with Crippen LogP contribution in [0.4, 0.5) is 0 Å². The Labute approximate surface area is 134 Å². The Morgan fingerprint density at radius 2 is 1.65 bits per heavy atom. The molecule has 2 heterocycles. The standard InChI is InChI=1S/C18H18O5/c1-4-18(2,3)17(19)10-7-13-14-11(20-8-22-13)5-6-12-15(14)16(10)23-9-21-12/h4-7,17,19H,1,8-9H2,2-3H3. The van der Waals surface area contributed by atoms with Crippen molar-refractivity contribution in [1.29, 1.82) is 0 Å². The molecule has 0 spiro atoms. The van der Waals surface area contributed by atoms with Crippen molar-refractivity contribution in [3.63, 3.8) is 0 Å². The van der Waals surface area contributed by atoms with Crippen LogP contribution in [-0.2, 0) is 0 Å². The zero-order valence-corrected chi connectivity index (χ0v) is 13.1. The van der Waals surface area contributed by atoms with Gasteiger partial charge in [0.1, 0.15) is 23.0 Å². The maximum Gasteiger partial charge on any atom is 0.230 e. The molecule has 0 fully saturated rings. The molecular weight excluding hydrogens is 296 g/mol. The molecule has 0 aromatic heterocycles. The van der Waals surface area contributed by atoms with E-state index >= 15 is 0 Å². The normalized spacial score (nSPS) is 16.7. The fraction of sp³-hybridized carbons (Fsp3) is 0.333. The highest BCUT2D eigenvalue weighted by atomic mass is 16.7. The molecule has 1 atom stereocenters. The Bertz CT molecular complexity index is 809. The third-order valence-electron chi connectivity index (χ3n) is 4.52. The van der Waals surface area contributed by atoms with E-state index < -0.39 is 11.5 Å². The fourth-order valence-electron chi connectivity index (χ4n) is 2.99. The number of benzene rings is 2. The van der Waals surface area contributed by atoms with Crippen molar-refractivity contribution in [2.24, 2.45) is 5.41 Å². The number of aliphatic hydroxyl groups is 1. The highest BCUT2D eigenvalue weighted by molar-refractivity contribution is 6.03. The summed E-state index contributed by atoms with van der Waals surface area (Å²) in [5.41, 5.74) is 0.155. The Kier molecular flexibility index (Phi) is 2.96. The minimum atomic E-state index is -0.781. The van der Waals surface area contributed by atoms with Gasteiger partial charge in [-0.15, -0.1) is 6.58 Å². The van der Waals surface area contributed by atoms with Crippen molar-refractivity contribution >= 4 is 10.8 Å². The average Bonchev–Trinajstić information content (AvgIpc) is 2.58. The number of aliphatic hydroxyl groups excluding tert-OH is 1. The van der Waals surface area contributed by atoms with Crippen LogP contribution in [0.5, 0.6) is 23.0 Å². The van der Waals surface area contributed by atoms with E-state index in [0.29, 0.717) is 22.8 Å². The van der Waals surface area contributed by atoms with E-state index in [9.17, 15) is 5.11 Å². The lowest BCUT2D eigenvalue weighted by Crippen LogP contribution is -2.23. The summed E-state index contributed by atoms with van der Waals surface area (Å²) in [4.78, 5) is 0. The predicted octanol–water partition coefficient (Wildman–Crippen LogP) is 3.54. The van der Waals surface area contributed by atoms with Gasteiger partial charge in [-0.3, -0.25) is 0 Å². The number of ether oxygens (including phenoxy) is 4. The van der Waals surface area contributed by atoms with Crippen molar-refractivity contribution < 1.29 is 24.1 Å². The summed E-state index contributed by atoms with van der Waals surface area (Å²) >= 11 is 0. The molecule has 0 saturated carbocycles. The SMILES string of the molecule is C=CC(C)(C)C(O)c1cc2c3c(ccc4c3c1OCO4)OCO2. The molecule has 4 rings (SSSR count). The number of rotatable bonds is 3. The minimum Gasteiger partial charge on any atom is -0.457 e. The Morgan fingerprint density at radius 1 is 1.04 bits per heavy atom. The second-order valence-electron chi connectivity index (χ2n) is 6.35. The lowest BCUT2D eigenvalue weighted by molar-refractivity contribution is 0.0673. The smallest absolute Gasteiger partial charge is 0.230 e. The van der Waals surface area contributed by atoms with Gasteiger partial charge in [-0.2, -0.15) is 0 Å². The maximum atomic E-state index is 10.9. The van der Waals surface area contributed by atoms with Crippen LogP contribution in [0.15, 0.2) is 30.9 Å². The zero-order valence-electron chi connectivity index (χ0n) is 13.1. The van der Waals surface area contributed by atoms with Crippen molar-refractivity contribution in [1.82, 2.24) is 0 Å². The van der Waals surface area contributed by atoms with Crippen LogP contribution in [0.2, 0.25) is 0 Å². The van der Waals surface area contributed by atoms with Crippen LogP contribution in [0, 0.1) is 5.41 Å².